The third kappa shape index (κ3) is 3.59. The molecule has 0 spiro atoms. The molecular weight excluding hydrogens is 348 g/mol. The fourth-order valence-electron chi connectivity index (χ4n) is 3.19. The highest BCUT2D eigenvalue weighted by Crippen LogP contribution is 2.21. The lowest BCUT2D eigenvalue weighted by molar-refractivity contribution is -0.137. The number of H-pyrrole nitrogens is 1. The number of amides is 1. The number of hydrogen-bond donors (Lipinski definition) is 3. The van der Waals surface area contributed by atoms with E-state index in [2.05, 4.69) is 15.5 Å². The summed E-state index contributed by atoms with van der Waals surface area (Å²) >= 11 is 0. The maximum Gasteiger partial charge on any atom is 0.323 e. The zero-order valence-electron chi connectivity index (χ0n) is 15.1. The number of benzene rings is 1. The lowest BCUT2D eigenvalue weighted by Gasteiger charge is -2.11. The van der Waals surface area contributed by atoms with Crippen molar-refractivity contribution in [3.05, 3.63) is 57.6 Å². The Morgan fingerprint density at radius 3 is 2.67 bits per heavy atom. The van der Waals surface area contributed by atoms with Crippen molar-refractivity contribution in [1.82, 2.24) is 14.8 Å². The summed E-state index contributed by atoms with van der Waals surface area (Å²) < 4.78 is 1.61. The van der Waals surface area contributed by atoms with Crippen molar-refractivity contribution in [2.45, 2.75) is 33.2 Å². The van der Waals surface area contributed by atoms with Crippen molar-refractivity contribution in [3.63, 3.8) is 0 Å². The van der Waals surface area contributed by atoms with E-state index in [1.165, 1.54) is 0 Å². The fraction of sp³-hybridized carbons (Fsp3) is 0.263. The van der Waals surface area contributed by atoms with Crippen LogP contribution in [0.1, 0.15) is 35.5 Å². The van der Waals surface area contributed by atoms with Gasteiger partial charge in [-0.1, -0.05) is 13.8 Å². The van der Waals surface area contributed by atoms with Gasteiger partial charge >= 0.3 is 5.97 Å². The van der Waals surface area contributed by atoms with E-state index < -0.39 is 17.4 Å². The topological polar surface area (TPSA) is 117 Å². The molecule has 3 aromatic rings. The van der Waals surface area contributed by atoms with Crippen LogP contribution in [0.2, 0.25) is 0 Å². The molecule has 0 aliphatic rings. The Kier molecular flexibility index (Phi) is 5.07. The number of rotatable bonds is 6. The van der Waals surface area contributed by atoms with Gasteiger partial charge in [0.25, 0.3) is 11.5 Å². The summed E-state index contributed by atoms with van der Waals surface area (Å²) in [5.41, 5.74) is 2.18. The molecule has 140 valence electrons. The van der Waals surface area contributed by atoms with E-state index in [0.717, 1.165) is 10.9 Å². The molecule has 8 nitrogen and oxygen atoms in total. The van der Waals surface area contributed by atoms with Crippen LogP contribution in [-0.2, 0) is 24.2 Å². The van der Waals surface area contributed by atoms with E-state index in [9.17, 15) is 14.4 Å². The number of anilines is 1. The third-order valence-electron chi connectivity index (χ3n) is 4.42. The molecule has 0 unspecified atom stereocenters. The minimum atomic E-state index is -0.930. The van der Waals surface area contributed by atoms with E-state index in [1.54, 1.807) is 35.0 Å². The van der Waals surface area contributed by atoms with Crippen LogP contribution in [0.25, 0.3) is 10.9 Å². The van der Waals surface area contributed by atoms with Crippen molar-refractivity contribution < 1.29 is 14.7 Å². The summed E-state index contributed by atoms with van der Waals surface area (Å²) in [7, 11) is 0. The Labute approximate surface area is 154 Å². The number of carbonyl (C=O) groups is 2. The van der Waals surface area contributed by atoms with Crippen molar-refractivity contribution in [2.75, 3.05) is 5.32 Å². The Bertz CT molecular complexity index is 1080. The van der Waals surface area contributed by atoms with Crippen molar-refractivity contribution in [2.24, 2.45) is 0 Å². The van der Waals surface area contributed by atoms with Crippen LogP contribution >= 0.6 is 0 Å². The quantitative estimate of drug-likeness (QED) is 0.616. The average Bonchev–Trinajstić information content (AvgIpc) is 3.02. The Hall–Kier alpha value is -3.42. The molecule has 0 fully saturated rings. The highest BCUT2D eigenvalue weighted by Gasteiger charge is 2.19. The summed E-state index contributed by atoms with van der Waals surface area (Å²) in [6, 6.07) is 6.94. The largest absolute Gasteiger partial charge is 0.480 e. The first-order valence-corrected chi connectivity index (χ1v) is 8.67. The third-order valence-corrected chi connectivity index (χ3v) is 4.42. The first kappa shape index (κ1) is 18.4. The van der Waals surface area contributed by atoms with Gasteiger partial charge in [0.15, 0.2) is 0 Å². The lowest BCUT2D eigenvalue weighted by Crippen LogP contribution is -2.27. The van der Waals surface area contributed by atoms with Gasteiger partial charge in [0, 0.05) is 22.8 Å². The van der Waals surface area contributed by atoms with Gasteiger partial charge < -0.3 is 15.0 Å². The Morgan fingerprint density at radius 1 is 1.22 bits per heavy atom. The van der Waals surface area contributed by atoms with Gasteiger partial charge in [-0.25, -0.2) is 5.10 Å². The van der Waals surface area contributed by atoms with Crippen molar-refractivity contribution in [3.8, 4) is 0 Å². The van der Waals surface area contributed by atoms with Crippen LogP contribution in [0, 0.1) is 0 Å². The molecule has 0 atom stereocenters. The van der Waals surface area contributed by atoms with E-state index in [4.69, 9.17) is 5.11 Å². The highest BCUT2D eigenvalue weighted by molar-refractivity contribution is 6.06. The van der Waals surface area contributed by atoms with E-state index in [1.807, 2.05) is 13.8 Å². The molecule has 3 rings (SSSR count). The summed E-state index contributed by atoms with van der Waals surface area (Å²) in [6.07, 6.45) is 2.82. The number of aliphatic carboxylic acids is 1. The minimum absolute atomic E-state index is 0.0768. The molecular formula is C19H20N4O4. The molecule has 0 saturated heterocycles. The fourth-order valence-corrected chi connectivity index (χ4v) is 3.19. The normalized spacial score (nSPS) is 10.9. The summed E-state index contributed by atoms with van der Waals surface area (Å²) in [5, 5.41) is 18.9. The van der Waals surface area contributed by atoms with E-state index >= 15 is 0 Å². The van der Waals surface area contributed by atoms with Gasteiger partial charge in [-0.2, -0.15) is 5.10 Å². The molecule has 0 radical (unpaired) electrons. The predicted octanol–water partition coefficient (Wildman–Crippen LogP) is 2.19. The Balaban J connectivity index is 1.93. The Morgan fingerprint density at radius 2 is 2.00 bits per heavy atom. The van der Waals surface area contributed by atoms with E-state index in [0.29, 0.717) is 29.8 Å². The van der Waals surface area contributed by atoms with E-state index in [-0.39, 0.29) is 12.1 Å². The number of fused-ring (bicyclic) bond motifs is 1. The second-order valence-corrected chi connectivity index (χ2v) is 6.13. The number of nitrogens with one attached hydrogen (secondary N) is 2. The van der Waals surface area contributed by atoms with Gasteiger partial charge in [0.2, 0.25) is 0 Å². The first-order valence-electron chi connectivity index (χ1n) is 8.67. The molecule has 3 N–H and O–H groups in total. The van der Waals surface area contributed by atoms with Crippen LogP contribution in [0.3, 0.4) is 0 Å². The maximum absolute atomic E-state index is 12.7. The van der Waals surface area contributed by atoms with Crippen LogP contribution < -0.4 is 10.9 Å². The van der Waals surface area contributed by atoms with Crippen LogP contribution in [0.4, 0.5) is 5.69 Å². The zero-order chi connectivity index (χ0) is 19.6. The van der Waals surface area contributed by atoms with Crippen LogP contribution in [0.15, 0.2) is 35.3 Å². The number of carboxylic acids is 1. The molecule has 2 aromatic heterocycles. The maximum atomic E-state index is 12.7. The molecule has 0 aliphatic heterocycles. The summed E-state index contributed by atoms with van der Waals surface area (Å²) in [5.74, 6) is -1.42. The number of aromatic amines is 1. The second kappa shape index (κ2) is 7.45. The van der Waals surface area contributed by atoms with Gasteiger partial charge in [-0.05, 0) is 42.7 Å². The molecule has 0 saturated carbocycles. The zero-order valence-corrected chi connectivity index (χ0v) is 15.1. The second-order valence-electron chi connectivity index (χ2n) is 6.13. The SMILES string of the molecule is CCc1n[nH]c(=O)c(C(=O)Nc2ccc3c(ccn3CC(=O)O)c2)c1CC. The van der Waals surface area contributed by atoms with Crippen LogP contribution in [0.5, 0.6) is 0 Å². The van der Waals surface area contributed by atoms with Crippen molar-refractivity contribution >= 4 is 28.5 Å². The number of nitrogens with zero attached hydrogens (tertiary/aromatic N) is 2. The molecule has 2 heterocycles. The predicted molar refractivity (Wildman–Crippen MR) is 101 cm³/mol. The molecule has 0 aliphatic carbocycles. The smallest absolute Gasteiger partial charge is 0.323 e. The molecule has 0 bridgehead atoms. The average molecular weight is 368 g/mol. The number of hydrogen-bond acceptors (Lipinski definition) is 4. The monoisotopic (exact) mass is 368 g/mol. The van der Waals surface area contributed by atoms with Gasteiger partial charge in [-0.15, -0.1) is 0 Å². The van der Waals surface area contributed by atoms with Gasteiger partial charge in [0.1, 0.15) is 12.1 Å². The molecule has 1 aromatic carbocycles. The number of carbonyl (C=O) groups excluding carboxylic acids is 1. The number of carboxylic acid groups (broad SMARTS) is 1. The lowest BCUT2D eigenvalue weighted by atomic mass is 10.0. The highest BCUT2D eigenvalue weighted by atomic mass is 16.4. The molecule has 8 heteroatoms. The van der Waals surface area contributed by atoms with Gasteiger partial charge in [-0.3, -0.25) is 14.4 Å². The van der Waals surface area contributed by atoms with Crippen molar-refractivity contribution in [1.29, 1.82) is 0 Å². The number of aryl methyl sites for hydroxylation is 1. The van der Waals surface area contributed by atoms with Crippen LogP contribution in [-0.4, -0.2) is 31.7 Å². The summed E-state index contributed by atoms with van der Waals surface area (Å²) in [4.78, 5) is 35.8. The molecule has 1 amide bonds. The van der Waals surface area contributed by atoms with Gasteiger partial charge in [0.05, 0.1) is 5.69 Å². The first-order chi connectivity index (χ1) is 12.9. The minimum Gasteiger partial charge on any atom is -0.480 e. The molecule has 27 heavy (non-hydrogen) atoms. The standard InChI is InChI=1S/C19H20N4O4/c1-3-13-14(4-2)21-22-19(27)17(13)18(26)20-12-5-6-15-11(9-12)7-8-23(15)10-16(24)25/h5-9H,3-4,10H2,1-2H3,(H,20,26)(H,22,27)(H,24,25). The number of aromatic nitrogens is 3. The summed E-state index contributed by atoms with van der Waals surface area (Å²) in [6.45, 7) is 3.65.